The summed E-state index contributed by atoms with van der Waals surface area (Å²) in [6.07, 6.45) is 15.8. The smallest absolute Gasteiger partial charge is 0.0890 e. The molecular formula is C21H43NO. The fraction of sp³-hybridized carbons (Fsp3) is 0.905. The van der Waals surface area contributed by atoms with Crippen LogP contribution in [0.4, 0.5) is 0 Å². The maximum absolute atomic E-state index is 5.84. The average molecular weight is 326 g/mol. The quantitative estimate of drug-likeness (QED) is 0.226. The van der Waals surface area contributed by atoms with Crippen LogP contribution in [0.1, 0.15) is 90.9 Å². The third-order valence-corrected chi connectivity index (χ3v) is 4.50. The Bertz CT molecular complexity index is 263. The topological polar surface area (TPSA) is 12.5 Å². The lowest BCUT2D eigenvalue weighted by Gasteiger charge is -2.19. The van der Waals surface area contributed by atoms with Gasteiger partial charge in [0.15, 0.2) is 0 Å². The lowest BCUT2D eigenvalue weighted by Crippen LogP contribution is -2.15. The van der Waals surface area contributed by atoms with Gasteiger partial charge in [0.05, 0.1) is 12.4 Å². The van der Waals surface area contributed by atoms with Gasteiger partial charge in [-0.3, -0.25) is 0 Å². The van der Waals surface area contributed by atoms with Crippen LogP contribution < -0.4 is 0 Å². The van der Waals surface area contributed by atoms with Crippen LogP contribution in [0.2, 0.25) is 0 Å². The first-order valence-corrected chi connectivity index (χ1v) is 10.0. The fourth-order valence-electron chi connectivity index (χ4n) is 3.03. The summed E-state index contributed by atoms with van der Waals surface area (Å²) >= 11 is 0. The Morgan fingerprint density at radius 2 is 1.48 bits per heavy atom. The molecule has 2 nitrogen and oxygen atoms in total. The Kier molecular flexibility index (Phi) is 16.0. The lowest BCUT2D eigenvalue weighted by molar-refractivity contribution is 0.176. The van der Waals surface area contributed by atoms with Gasteiger partial charge in [0, 0.05) is 13.0 Å². The van der Waals surface area contributed by atoms with Crippen LogP contribution in [-0.2, 0) is 4.74 Å². The summed E-state index contributed by atoms with van der Waals surface area (Å²) in [6.45, 7) is 10.6. The van der Waals surface area contributed by atoms with Gasteiger partial charge in [0.2, 0.25) is 0 Å². The molecule has 0 fully saturated rings. The molecule has 23 heavy (non-hydrogen) atoms. The van der Waals surface area contributed by atoms with Crippen LogP contribution in [-0.4, -0.2) is 32.1 Å². The van der Waals surface area contributed by atoms with Crippen molar-refractivity contribution in [3.8, 4) is 0 Å². The predicted octanol–water partition coefficient (Wildman–Crippen LogP) is 6.42. The van der Waals surface area contributed by atoms with Crippen molar-refractivity contribution < 1.29 is 4.74 Å². The first-order valence-electron chi connectivity index (χ1n) is 10.0. The van der Waals surface area contributed by atoms with Crippen LogP contribution in [0.25, 0.3) is 0 Å². The number of hydrogen-bond acceptors (Lipinski definition) is 2. The van der Waals surface area contributed by atoms with Crippen LogP contribution >= 0.6 is 0 Å². The molecule has 0 radical (unpaired) electrons. The van der Waals surface area contributed by atoms with Crippen molar-refractivity contribution >= 4 is 0 Å². The minimum atomic E-state index is 0.780. The minimum Gasteiger partial charge on any atom is -0.499 e. The van der Waals surface area contributed by atoms with E-state index in [2.05, 4.69) is 39.4 Å². The van der Waals surface area contributed by atoms with E-state index in [0.717, 1.165) is 37.7 Å². The van der Waals surface area contributed by atoms with Crippen LogP contribution in [0.15, 0.2) is 12.3 Å². The van der Waals surface area contributed by atoms with Gasteiger partial charge in [0.25, 0.3) is 0 Å². The number of unbranched alkanes of at least 4 members (excludes halogenated alkanes) is 6. The normalized spacial score (nSPS) is 12.6. The standard InChI is InChI=1S/C21H43NO/c1-6-8-10-11-12-13-16-21(15-9-7-2)19-20(3)23-18-14-17-22(4)5/h21H,3,6-19H2,1-2,4-5H3. The van der Waals surface area contributed by atoms with E-state index in [4.69, 9.17) is 4.74 Å². The maximum Gasteiger partial charge on any atom is 0.0890 e. The number of allylic oxidation sites excluding steroid dienone is 1. The highest BCUT2D eigenvalue weighted by molar-refractivity contribution is 4.85. The van der Waals surface area contributed by atoms with Crippen molar-refractivity contribution in [2.24, 2.45) is 5.92 Å². The largest absolute Gasteiger partial charge is 0.499 e. The van der Waals surface area contributed by atoms with Crippen LogP contribution in [0.5, 0.6) is 0 Å². The van der Waals surface area contributed by atoms with Gasteiger partial charge < -0.3 is 9.64 Å². The van der Waals surface area contributed by atoms with E-state index in [1.807, 2.05) is 0 Å². The molecule has 0 saturated heterocycles. The minimum absolute atomic E-state index is 0.780. The van der Waals surface area contributed by atoms with Crippen LogP contribution in [0.3, 0.4) is 0 Å². The molecule has 1 unspecified atom stereocenters. The SMILES string of the molecule is C=C(CC(CCCC)CCCCCCCC)OCCCN(C)C. The first-order chi connectivity index (χ1) is 11.1. The van der Waals surface area contributed by atoms with Crippen molar-refractivity contribution in [3.05, 3.63) is 12.3 Å². The molecule has 0 heterocycles. The van der Waals surface area contributed by atoms with Gasteiger partial charge in [-0.2, -0.15) is 0 Å². The molecule has 0 aromatic carbocycles. The molecule has 0 aliphatic carbocycles. The highest BCUT2D eigenvalue weighted by Gasteiger charge is 2.11. The molecule has 2 heteroatoms. The van der Waals surface area contributed by atoms with Crippen molar-refractivity contribution in [2.45, 2.75) is 90.9 Å². The molecular weight excluding hydrogens is 282 g/mol. The molecule has 0 N–H and O–H groups in total. The zero-order valence-electron chi connectivity index (χ0n) is 16.5. The van der Waals surface area contributed by atoms with E-state index in [0.29, 0.717) is 0 Å². The molecule has 0 aliphatic heterocycles. The summed E-state index contributed by atoms with van der Waals surface area (Å²) in [4.78, 5) is 2.20. The molecule has 138 valence electrons. The second-order valence-electron chi connectivity index (χ2n) is 7.31. The van der Waals surface area contributed by atoms with E-state index in [9.17, 15) is 0 Å². The molecule has 0 aromatic heterocycles. The van der Waals surface area contributed by atoms with Gasteiger partial charge in [-0.05, 0) is 26.4 Å². The lowest BCUT2D eigenvalue weighted by atomic mass is 9.91. The van der Waals surface area contributed by atoms with E-state index in [-0.39, 0.29) is 0 Å². The van der Waals surface area contributed by atoms with E-state index < -0.39 is 0 Å². The first kappa shape index (κ1) is 22.5. The van der Waals surface area contributed by atoms with E-state index in [1.54, 1.807) is 0 Å². The zero-order chi connectivity index (χ0) is 17.3. The Balaban J connectivity index is 3.86. The molecule has 0 amide bonds. The van der Waals surface area contributed by atoms with Crippen molar-refractivity contribution in [1.82, 2.24) is 4.90 Å². The molecule has 0 aromatic rings. The van der Waals surface area contributed by atoms with Crippen LogP contribution in [0, 0.1) is 5.92 Å². The third-order valence-electron chi connectivity index (χ3n) is 4.50. The van der Waals surface area contributed by atoms with E-state index in [1.165, 1.54) is 64.2 Å². The van der Waals surface area contributed by atoms with Crippen molar-refractivity contribution in [3.63, 3.8) is 0 Å². The highest BCUT2D eigenvalue weighted by atomic mass is 16.5. The summed E-state index contributed by atoms with van der Waals surface area (Å²) in [5.41, 5.74) is 0. The van der Waals surface area contributed by atoms with Gasteiger partial charge in [-0.1, -0.05) is 84.6 Å². The number of rotatable bonds is 17. The zero-order valence-corrected chi connectivity index (χ0v) is 16.5. The molecule has 1 atom stereocenters. The maximum atomic E-state index is 5.84. The Labute approximate surface area is 146 Å². The molecule has 0 saturated carbocycles. The Morgan fingerprint density at radius 3 is 2.13 bits per heavy atom. The summed E-state index contributed by atoms with van der Waals surface area (Å²) in [5.74, 6) is 1.79. The van der Waals surface area contributed by atoms with Gasteiger partial charge in [-0.25, -0.2) is 0 Å². The van der Waals surface area contributed by atoms with Gasteiger partial charge >= 0.3 is 0 Å². The summed E-state index contributed by atoms with van der Waals surface area (Å²) < 4.78 is 5.84. The van der Waals surface area contributed by atoms with E-state index >= 15 is 0 Å². The number of hydrogen-bond donors (Lipinski definition) is 0. The summed E-state index contributed by atoms with van der Waals surface area (Å²) in [7, 11) is 4.21. The second kappa shape index (κ2) is 16.4. The highest BCUT2D eigenvalue weighted by Crippen LogP contribution is 2.24. The summed E-state index contributed by atoms with van der Waals surface area (Å²) in [6, 6.07) is 0. The van der Waals surface area contributed by atoms with Crippen molar-refractivity contribution in [1.29, 1.82) is 0 Å². The molecule has 0 bridgehead atoms. The Morgan fingerprint density at radius 1 is 0.870 bits per heavy atom. The molecule has 0 rings (SSSR count). The average Bonchev–Trinajstić information content (AvgIpc) is 2.52. The van der Waals surface area contributed by atoms with Crippen molar-refractivity contribution in [2.75, 3.05) is 27.2 Å². The van der Waals surface area contributed by atoms with Gasteiger partial charge in [-0.15, -0.1) is 0 Å². The number of nitrogens with zero attached hydrogens (tertiary/aromatic N) is 1. The fourth-order valence-corrected chi connectivity index (χ4v) is 3.03. The van der Waals surface area contributed by atoms with Gasteiger partial charge in [0.1, 0.15) is 0 Å². The monoisotopic (exact) mass is 325 g/mol. The predicted molar refractivity (Wildman–Crippen MR) is 104 cm³/mol. The third kappa shape index (κ3) is 16.1. The Hall–Kier alpha value is -0.500. The molecule has 0 spiro atoms. The summed E-state index contributed by atoms with van der Waals surface area (Å²) in [5, 5.41) is 0. The second-order valence-corrected chi connectivity index (χ2v) is 7.31. The molecule has 0 aliphatic rings. The number of ether oxygens (including phenoxy) is 1.